The van der Waals surface area contributed by atoms with E-state index in [2.05, 4.69) is 4.98 Å². The zero-order valence-corrected chi connectivity index (χ0v) is 24.3. The summed E-state index contributed by atoms with van der Waals surface area (Å²) in [5.74, 6) is -3.77. The second-order valence-corrected chi connectivity index (χ2v) is 10.9. The van der Waals surface area contributed by atoms with Gasteiger partial charge in [0.1, 0.15) is 24.7 Å². The summed E-state index contributed by atoms with van der Waals surface area (Å²) in [5.41, 5.74) is -11.2. The minimum atomic E-state index is -5.66. The number of fused-ring (bicyclic) bond motifs is 1. The van der Waals surface area contributed by atoms with E-state index in [1.165, 1.54) is 25.3 Å². The van der Waals surface area contributed by atoms with Crippen molar-refractivity contribution in [2.75, 3.05) is 26.9 Å². The minimum absolute atomic E-state index is 0.0385. The number of nitrogens with one attached hydrogen (secondary N) is 2. The van der Waals surface area contributed by atoms with Gasteiger partial charge in [-0.1, -0.05) is 0 Å². The second kappa shape index (κ2) is 12.2. The van der Waals surface area contributed by atoms with E-state index in [0.717, 1.165) is 37.1 Å². The van der Waals surface area contributed by atoms with Gasteiger partial charge in [0.05, 0.1) is 25.5 Å². The number of nitrogens with zero attached hydrogens (tertiary/aromatic N) is 1. The Bertz CT molecular complexity index is 1680. The maximum atomic E-state index is 14.7. The van der Waals surface area contributed by atoms with Gasteiger partial charge in [-0.15, -0.1) is 0 Å². The Kier molecular flexibility index (Phi) is 8.74. The largest absolute Gasteiger partial charge is 0.493 e. The molecule has 10 nitrogen and oxygen atoms in total. The molecule has 2 atom stereocenters. The Balaban J connectivity index is 1.60. The average Bonchev–Trinajstić information content (AvgIpc) is 3.76. The number of amides is 2. The topological polar surface area (TPSA) is 139 Å². The highest BCUT2D eigenvalue weighted by Gasteiger charge is 2.64. The van der Waals surface area contributed by atoms with E-state index in [4.69, 9.17) is 19.3 Å². The number of ether oxygens (including phenoxy) is 3. The van der Waals surface area contributed by atoms with Crippen molar-refractivity contribution < 1.29 is 64.7 Å². The molecule has 1 aromatic heterocycles. The van der Waals surface area contributed by atoms with Crippen LogP contribution in [0.3, 0.4) is 0 Å². The molecule has 4 N–H and O–H groups in total. The first-order chi connectivity index (χ1) is 22.0. The normalized spacial score (nSPS) is 18.9. The number of carbonyl (C=O) groups excluding carboxylic acids is 2. The van der Waals surface area contributed by atoms with Crippen LogP contribution >= 0.6 is 0 Å². The molecule has 2 heterocycles. The molecule has 47 heavy (non-hydrogen) atoms. The first-order valence-corrected chi connectivity index (χ1v) is 13.9. The Labute approximate surface area is 261 Å². The van der Waals surface area contributed by atoms with Gasteiger partial charge in [-0.05, 0) is 61.4 Å². The summed E-state index contributed by atoms with van der Waals surface area (Å²) in [7, 11) is 1.28. The third kappa shape index (κ3) is 6.36. The first-order valence-electron chi connectivity index (χ1n) is 13.9. The fraction of sp³-hybridized carbons (Fsp3) is 0.367. The van der Waals surface area contributed by atoms with Crippen LogP contribution in [-0.4, -0.2) is 72.3 Å². The number of aliphatic hydroxyl groups excluding tert-OH is 1. The molecule has 0 bridgehead atoms. The van der Waals surface area contributed by atoms with Crippen molar-refractivity contribution in [2.45, 2.75) is 42.4 Å². The number of aliphatic hydroxyl groups is 2. The second-order valence-electron chi connectivity index (χ2n) is 10.9. The predicted molar refractivity (Wildman–Crippen MR) is 147 cm³/mol. The number of halogens is 7. The van der Waals surface area contributed by atoms with Crippen LogP contribution in [0.5, 0.6) is 17.2 Å². The molecular formula is C30H26F7N3O7. The number of benzene rings is 2. The summed E-state index contributed by atoms with van der Waals surface area (Å²) in [6, 6.07) is 7.79. The van der Waals surface area contributed by atoms with Gasteiger partial charge >= 0.3 is 12.4 Å². The predicted octanol–water partition coefficient (Wildman–Crippen LogP) is 3.88. The molecule has 17 heteroatoms. The number of alkyl halides is 6. The highest BCUT2D eigenvalue weighted by molar-refractivity contribution is 5.95. The van der Waals surface area contributed by atoms with E-state index in [1.807, 2.05) is 5.32 Å². The van der Waals surface area contributed by atoms with Crippen molar-refractivity contribution in [1.82, 2.24) is 15.6 Å². The van der Waals surface area contributed by atoms with Gasteiger partial charge in [0.2, 0.25) is 11.5 Å². The van der Waals surface area contributed by atoms with Crippen LogP contribution in [0.4, 0.5) is 30.7 Å². The van der Waals surface area contributed by atoms with Crippen LogP contribution in [0, 0.1) is 5.82 Å². The molecule has 2 aliphatic rings. The molecule has 5 rings (SSSR count). The monoisotopic (exact) mass is 673 g/mol. The number of hydrogen-bond donors (Lipinski definition) is 4. The molecule has 2 aromatic carbocycles. The Hall–Kier alpha value is -4.64. The quantitative estimate of drug-likeness (QED) is 0.238. The van der Waals surface area contributed by atoms with Crippen LogP contribution in [0.25, 0.3) is 11.3 Å². The first kappa shape index (κ1) is 33.7. The van der Waals surface area contributed by atoms with Crippen molar-refractivity contribution in [3.63, 3.8) is 0 Å². The van der Waals surface area contributed by atoms with E-state index in [0.29, 0.717) is 0 Å². The lowest BCUT2D eigenvalue weighted by atomic mass is 9.86. The molecule has 1 aliphatic heterocycles. The molecule has 0 spiro atoms. The molecule has 2 amide bonds. The molecule has 1 saturated carbocycles. The van der Waals surface area contributed by atoms with E-state index in [1.54, 1.807) is 5.32 Å². The SMILES string of the molecule is COc1cc(C(=O)NCC(O)(c2cc3c(c(-c4ccc(F)cc4)n2)OC[C@@]3(NC(=O)CO)C(F)(F)F)C(F)(F)F)ccc1OC1CC1. The summed E-state index contributed by atoms with van der Waals surface area (Å²) in [5, 5.41) is 23.8. The van der Waals surface area contributed by atoms with Gasteiger partial charge in [-0.25, -0.2) is 9.37 Å². The van der Waals surface area contributed by atoms with Crippen LogP contribution in [0.2, 0.25) is 0 Å². The fourth-order valence-corrected chi connectivity index (χ4v) is 4.87. The van der Waals surface area contributed by atoms with Gasteiger partial charge in [-0.3, -0.25) is 9.59 Å². The molecular weight excluding hydrogens is 647 g/mol. The van der Waals surface area contributed by atoms with Crippen molar-refractivity contribution in [2.24, 2.45) is 0 Å². The number of carbonyl (C=O) groups is 2. The van der Waals surface area contributed by atoms with E-state index >= 15 is 0 Å². The fourth-order valence-electron chi connectivity index (χ4n) is 4.87. The smallest absolute Gasteiger partial charge is 0.424 e. The van der Waals surface area contributed by atoms with Gasteiger partial charge < -0.3 is 35.1 Å². The molecule has 1 fully saturated rings. The van der Waals surface area contributed by atoms with Crippen molar-refractivity contribution in [3.05, 3.63) is 71.2 Å². The van der Waals surface area contributed by atoms with Crippen LogP contribution in [0.15, 0.2) is 48.5 Å². The van der Waals surface area contributed by atoms with Crippen molar-refractivity contribution in [1.29, 1.82) is 0 Å². The zero-order valence-electron chi connectivity index (χ0n) is 24.3. The zero-order chi connectivity index (χ0) is 34.4. The number of rotatable bonds is 10. The van der Waals surface area contributed by atoms with Gasteiger partial charge in [0, 0.05) is 16.7 Å². The number of aromatic nitrogens is 1. The standard InChI is InChI=1S/C30H26F7N3O7/c1-45-21-10-16(4-9-20(21)47-18-7-8-18)26(43)38-13-28(44,30(35,36)37)22-11-19-25(24(39-22)15-2-5-17(31)6-3-15)46-14-27(19,29(32,33)34)40-23(42)12-41/h2-6,9-11,18,41,44H,7-8,12-14H2,1H3,(H,38,43)(H,40,42)/t27-,28?/m0/s1. The lowest BCUT2D eigenvalue weighted by Crippen LogP contribution is -2.58. The van der Waals surface area contributed by atoms with E-state index < -0.39 is 83.6 Å². The van der Waals surface area contributed by atoms with Crippen LogP contribution < -0.4 is 24.8 Å². The minimum Gasteiger partial charge on any atom is -0.493 e. The lowest BCUT2D eigenvalue weighted by Gasteiger charge is -2.34. The Morgan fingerprint density at radius 1 is 1.04 bits per heavy atom. The number of methoxy groups -OCH3 is 1. The summed E-state index contributed by atoms with van der Waals surface area (Å²) in [6.45, 7) is -4.41. The van der Waals surface area contributed by atoms with Gasteiger partial charge in [0.25, 0.3) is 5.91 Å². The summed E-state index contributed by atoms with van der Waals surface area (Å²) in [6.07, 6.45) is -9.49. The molecule has 252 valence electrons. The molecule has 0 radical (unpaired) electrons. The highest BCUT2D eigenvalue weighted by atomic mass is 19.4. The Morgan fingerprint density at radius 2 is 1.72 bits per heavy atom. The average molecular weight is 674 g/mol. The third-order valence-electron chi connectivity index (χ3n) is 7.61. The van der Waals surface area contributed by atoms with E-state index in [-0.39, 0.29) is 34.8 Å². The van der Waals surface area contributed by atoms with E-state index in [9.17, 15) is 45.4 Å². The lowest BCUT2D eigenvalue weighted by molar-refractivity contribution is -0.265. The van der Waals surface area contributed by atoms with Crippen molar-refractivity contribution in [3.8, 4) is 28.5 Å². The molecule has 1 aliphatic carbocycles. The maximum absolute atomic E-state index is 14.7. The Morgan fingerprint density at radius 3 is 2.30 bits per heavy atom. The van der Waals surface area contributed by atoms with Crippen molar-refractivity contribution >= 4 is 11.8 Å². The molecule has 0 saturated heterocycles. The van der Waals surface area contributed by atoms with Crippen LogP contribution in [0.1, 0.15) is 34.5 Å². The summed E-state index contributed by atoms with van der Waals surface area (Å²) >= 11 is 0. The molecule has 3 aromatic rings. The maximum Gasteiger partial charge on any atom is 0.424 e. The molecule has 1 unspecified atom stereocenters. The third-order valence-corrected chi connectivity index (χ3v) is 7.61. The van der Waals surface area contributed by atoms with Crippen LogP contribution in [-0.2, 0) is 15.9 Å². The summed E-state index contributed by atoms with van der Waals surface area (Å²) < 4.78 is 118. The highest BCUT2D eigenvalue weighted by Crippen LogP contribution is 2.52. The number of pyridine rings is 1. The number of hydrogen-bond acceptors (Lipinski definition) is 8. The van der Waals surface area contributed by atoms with Gasteiger partial charge in [-0.2, -0.15) is 26.3 Å². The summed E-state index contributed by atoms with van der Waals surface area (Å²) in [4.78, 5) is 28.8. The van der Waals surface area contributed by atoms with Gasteiger partial charge in [0.15, 0.2) is 22.8 Å².